The number of likely N-dealkylation sites (tertiary alicyclic amines) is 1. The standard InChI is InChI=1S/C36H44N2O7/c1-23(2)29-19-31-36(35(41)42-3,33(45-29)26-13-14-26)20-27(18-32(39)37-16-8-7-11-24-9-5-4-6-10-24)34(40)38(31)21-25-12-15-28-30(17-25)44-22-43-28/h4-6,9-10,12,15,17,19,23,26-27,29,33H,7-8,11,13-14,16,18,20-22H2,1-3H3,(H,37,39)/t27-,29-,33-,36-/m0/s1. The minimum absolute atomic E-state index is 0.00776. The molecule has 9 heteroatoms. The Morgan fingerprint density at radius 1 is 1.04 bits per heavy atom. The Labute approximate surface area is 265 Å². The van der Waals surface area contributed by atoms with Gasteiger partial charge in [-0.25, -0.2) is 0 Å². The lowest BCUT2D eigenvalue weighted by Gasteiger charge is -2.53. The van der Waals surface area contributed by atoms with E-state index in [2.05, 4.69) is 31.3 Å². The molecule has 9 nitrogen and oxygen atoms in total. The molecule has 0 spiro atoms. The van der Waals surface area contributed by atoms with Gasteiger partial charge in [-0.1, -0.05) is 50.2 Å². The summed E-state index contributed by atoms with van der Waals surface area (Å²) in [6.07, 6.45) is 6.06. The molecular weight excluding hydrogens is 572 g/mol. The van der Waals surface area contributed by atoms with Crippen molar-refractivity contribution in [3.05, 3.63) is 71.4 Å². The predicted molar refractivity (Wildman–Crippen MR) is 167 cm³/mol. The van der Waals surface area contributed by atoms with E-state index in [9.17, 15) is 14.4 Å². The van der Waals surface area contributed by atoms with Crippen molar-refractivity contribution in [3.8, 4) is 11.5 Å². The average Bonchev–Trinajstić information content (AvgIpc) is 3.78. The molecule has 3 aliphatic heterocycles. The quantitative estimate of drug-likeness (QED) is 0.259. The first kappa shape index (κ1) is 31.1. The number of aryl methyl sites for hydroxylation is 1. The lowest BCUT2D eigenvalue weighted by atomic mass is 9.64. The third-order valence-electron chi connectivity index (χ3n) is 9.57. The summed E-state index contributed by atoms with van der Waals surface area (Å²) in [5.41, 5.74) is 1.56. The molecule has 6 rings (SSSR count). The molecule has 2 amide bonds. The van der Waals surface area contributed by atoms with E-state index in [1.54, 1.807) is 4.90 Å². The topological polar surface area (TPSA) is 103 Å². The van der Waals surface area contributed by atoms with E-state index in [-0.39, 0.29) is 55.9 Å². The van der Waals surface area contributed by atoms with Crippen molar-refractivity contribution in [3.63, 3.8) is 0 Å². The number of ether oxygens (including phenoxy) is 4. The van der Waals surface area contributed by atoms with Crippen LogP contribution in [0, 0.1) is 23.2 Å². The largest absolute Gasteiger partial charge is 0.468 e. The Kier molecular flexibility index (Phi) is 9.17. The first-order chi connectivity index (χ1) is 21.8. The van der Waals surface area contributed by atoms with Gasteiger partial charge in [-0.15, -0.1) is 0 Å². The van der Waals surface area contributed by atoms with E-state index in [1.807, 2.05) is 42.5 Å². The fourth-order valence-corrected chi connectivity index (χ4v) is 7.06. The lowest BCUT2D eigenvalue weighted by molar-refractivity contribution is -0.182. The van der Waals surface area contributed by atoms with E-state index in [4.69, 9.17) is 18.9 Å². The van der Waals surface area contributed by atoms with Crippen molar-refractivity contribution >= 4 is 17.8 Å². The number of methoxy groups -OCH3 is 1. The number of rotatable bonds is 12. The van der Waals surface area contributed by atoms with Gasteiger partial charge in [0.2, 0.25) is 18.6 Å². The lowest BCUT2D eigenvalue weighted by Crippen LogP contribution is -2.61. The molecule has 2 aromatic carbocycles. The van der Waals surface area contributed by atoms with Crippen molar-refractivity contribution < 1.29 is 33.3 Å². The number of hydrogen-bond donors (Lipinski definition) is 1. The highest BCUT2D eigenvalue weighted by molar-refractivity contribution is 5.93. The van der Waals surface area contributed by atoms with E-state index in [0.717, 1.165) is 37.7 Å². The van der Waals surface area contributed by atoms with Crippen molar-refractivity contribution in [2.75, 3.05) is 20.4 Å². The Bertz CT molecular complexity index is 1440. The number of nitrogens with one attached hydrogen (secondary N) is 1. The number of unbranched alkanes of at least 4 members (excludes halogenated alkanes) is 1. The van der Waals surface area contributed by atoms with Crippen LogP contribution in [-0.2, 0) is 36.8 Å². The molecule has 1 saturated carbocycles. The number of nitrogens with zero attached hydrogens (tertiary/aromatic N) is 1. The Morgan fingerprint density at radius 2 is 1.82 bits per heavy atom. The SMILES string of the molecule is COC(=O)[C@@]12C[C@H](CC(=O)NCCCCc3ccccc3)C(=O)N(Cc3ccc4c(c3)OCO4)C1=C[C@@H](C(C)C)O[C@H]2C1CC1. The van der Waals surface area contributed by atoms with Gasteiger partial charge in [-0.2, -0.15) is 0 Å². The van der Waals surface area contributed by atoms with Crippen LogP contribution >= 0.6 is 0 Å². The highest BCUT2D eigenvalue weighted by Gasteiger charge is 2.63. The number of hydrogen-bond acceptors (Lipinski definition) is 7. The summed E-state index contributed by atoms with van der Waals surface area (Å²) < 4.78 is 23.3. The number of piperidine rings is 1. The normalized spacial score (nSPS) is 25.5. The van der Waals surface area contributed by atoms with Crippen LogP contribution in [0.2, 0.25) is 0 Å². The van der Waals surface area contributed by atoms with Crippen LogP contribution < -0.4 is 14.8 Å². The zero-order valence-electron chi connectivity index (χ0n) is 26.5. The second-order valence-corrected chi connectivity index (χ2v) is 13.1. The number of esters is 1. The summed E-state index contributed by atoms with van der Waals surface area (Å²) in [5.74, 6) is 0.125. The maximum absolute atomic E-state index is 14.4. The smallest absolute Gasteiger partial charge is 0.320 e. The number of benzene rings is 2. The van der Waals surface area contributed by atoms with Crippen LogP contribution in [0.15, 0.2) is 60.3 Å². The minimum Gasteiger partial charge on any atom is -0.468 e. The first-order valence-electron chi connectivity index (χ1n) is 16.3. The molecule has 0 bridgehead atoms. The number of fused-ring (bicyclic) bond motifs is 2. The van der Waals surface area contributed by atoms with Gasteiger partial charge in [0.1, 0.15) is 5.41 Å². The van der Waals surface area contributed by atoms with E-state index in [1.165, 1.54) is 12.7 Å². The molecular formula is C36H44N2O7. The maximum Gasteiger partial charge on any atom is 0.320 e. The van der Waals surface area contributed by atoms with Crippen molar-refractivity contribution in [2.24, 2.45) is 23.2 Å². The summed E-state index contributed by atoms with van der Waals surface area (Å²) >= 11 is 0. The zero-order valence-corrected chi connectivity index (χ0v) is 26.5. The summed E-state index contributed by atoms with van der Waals surface area (Å²) in [5, 5.41) is 3.02. The molecule has 4 aliphatic rings. The van der Waals surface area contributed by atoms with Gasteiger partial charge in [0.25, 0.3) is 0 Å². The number of carbonyl (C=O) groups is 3. The summed E-state index contributed by atoms with van der Waals surface area (Å²) in [6, 6.07) is 15.9. The molecule has 1 saturated heterocycles. The molecule has 1 aliphatic carbocycles. The Hall–Kier alpha value is -3.85. The van der Waals surface area contributed by atoms with E-state index in [0.29, 0.717) is 23.7 Å². The van der Waals surface area contributed by atoms with Crippen molar-refractivity contribution in [1.82, 2.24) is 10.2 Å². The zero-order chi connectivity index (χ0) is 31.6. The van der Waals surface area contributed by atoms with Crippen LogP contribution in [-0.4, -0.2) is 55.3 Å². The highest BCUT2D eigenvalue weighted by Crippen LogP contribution is 2.57. The van der Waals surface area contributed by atoms with Gasteiger partial charge < -0.3 is 29.2 Å². The highest BCUT2D eigenvalue weighted by atomic mass is 16.7. The van der Waals surface area contributed by atoms with Crippen LogP contribution in [0.1, 0.15) is 63.5 Å². The number of amides is 2. The van der Waals surface area contributed by atoms with Gasteiger partial charge >= 0.3 is 5.97 Å². The molecule has 0 aromatic heterocycles. The van der Waals surface area contributed by atoms with Crippen LogP contribution in [0.5, 0.6) is 11.5 Å². The molecule has 0 radical (unpaired) electrons. The van der Waals surface area contributed by atoms with Crippen LogP contribution in [0.4, 0.5) is 0 Å². The molecule has 4 atom stereocenters. The first-order valence-corrected chi connectivity index (χ1v) is 16.3. The van der Waals surface area contributed by atoms with E-state index < -0.39 is 23.4 Å². The third-order valence-corrected chi connectivity index (χ3v) is 9.57. The Balaban J connectivity index is 1.26. The molecule has 45 heavy (non-hydrogen) atoms. The Morgan fingerprint density at radius 3 is 2.56 bits per heavy atom. The molecule has 0 unspecified atom stereocenters. The van der Waals surface area contributed by atoms with Gasteiger partial charge in [-0.3, -0.25) is 14.4 Å². The summed E-state index contributed by atoms with van der Waals surface area (Å²) in [7, 11) is 1.39. The fraction of sp³-hybridized carbons (Fsp3) is 0.528. The van der Waals surface area contributed by atoms with Crippen LogP contribution in [0.25, 0.3) is 0 Å². The van der Waals surface area contributed by atoms with Gasteiger partial charge in [0, 0.05) is 24.6 Å². The third kappa shape index (κ3) is 6.45. The summed E-state index contributed by atoms with van der Waals surface area (Å²) in [4.78, 5) is 43.3. The molecule has 1 N–H and O–H groups in total. The fourth-order valence-electron chi connectivity index (χ4n) is 7.06. The average molecular weight is 617 g/mol. The molecule has 2 fully saturated rings. The van der Waals surface area contributed by atoms with E-state index >= 15 is 0 Å². The summed E-state index contributed by atoms with van der Waals surface area (Å²) in [6.45, 7) is 5.07. The number of carbonyl (C=O) groups excluding carboxylic acids is 3. The second kappa shape index (κ2) is 13.3. The van der Waals surface area contributed by atoms with Gasteiger partial charge in [0.05, 0.1) is 25.9 Å². The molecule has 3 heterocycles. The predicted octanol–water partition coefficient (Wildman–Crippen LogP) is 5.17. The molecule has 2 aromatic rings. The monoisotopic (exact) mass is 616 g/mol. The second-order valence-electron chi connectivity index (χ2n) is 13.1. The van der Waals surface area contributed by atoms with Crippen molar-refractivity contribution in [1.29, 1.82) is 0 Å². The van der Waals surface area contributed by atoms with Crippen LogP contribution in [0.3, 0.4) is 0 Å². The van der Waals surface area contributed by atoms with Crippen molar-refractivity contribution in [2.45, 2.75) is 77.5 Å². The van der Waals surface area contributed by atoms with Gasteiger partial charge in [0.15, 0.2) is 11.5 Å². The maximum atomic E-state index is 14.4. The van der Waals surface area contributed by atoms with Gasteiger partial charge in [-0.05, 0) is 79.7 Å². The molecule has 240 valence electrons. The minimum atomic E-state index is -1.19.